The first-order chi connectivity index (χ1) is 9.58. The van der Waals surface area contributed by atoms with Crippen molar-refractivity contribution >= 4 is 45.4 Å². The Morgan fingerprint density at radius 1 is 0.900 bits per heavy atom. The number of hydrogen-bond acceptors (Lipinski definition) is 2. The second-order valence-corrected chi connectivity index (χ2v) is 5.24. The van der Waals surface area contributed by atoms with Crippen molar-refractivity contribution in [3.63, 3.8) is 0 Å². The molecule has 0 aliphatic rings. The van der Waals surface area contributed by atoms with Crippen molar-refractivity contribution in [3.05, 3.63) is 47.5 Å². The Labute approximate surface area is 128 Å². The van der Waals surface area contributed by atoms with E-state index in [0.29, 0.717) is 13.1 Å². The summed E-state index contributed by atoms with van der Waals surface area (Å²) in [6.45, 7) is 1.15. The van der Waals surface area contributed by atoms with Crippen LogP contribution in [0.25, 0.3) is 10.8 Å². The molecule has 6 heteroatoms. The van der Waals surface area contributed by atoms with Gasteiger partial charge in [0, 0.05) is 13.1 Å². The van der Waals surface area contributed by atoms with Crippen molar-refractivity contribution in [1.29, 1.82) is 0 Å². The van der Waals surface area contributed by atoms with Crippen molar-refractivity contribution in [2.75, 3.05) is 0 Å². The van der Waals surface area contributed by atoms with Crippen molar-refractivity contribution in [2.24, 2.45) is 11.5 Å². The largest absolute Gasteiger partial charge is 0.376 e. The van der Waals surface area contributed by atoms with Gasteiger partial charge in [0.05, 0.1) is 0 Å². The quantitative estimate of drug-likeness (QED) is 0.642. The normalized spacial score (nSPS) is 10.2. The Bertz CT molecular complexity index is 655. The van der Waals surface area contributed by atoms with Crippen LogP contribution in [0.15, 0.2) is 36.4 Å². The van der Waals surface area contributed by atoms with Crippen molar-refractivity contribution < 1.29 is 0 Å². The van der Waals surface area contributed by atoms with Crippen LogP contribution in [0.4, 0.5) is 0 Å². The van der Waals surface area contributed by atoms with Crippen molar-refractivity contribution in [2.45, 2.75) is 13.1 Å². The number of nitrogens with two attached hydrogens (primary N) is 2. The van der Waals surface area contributed by atoms with Gasteiger partial charge in [-0.1, -0.05) is 36.4 Å². The average Bonchev–Trinajstić information content (AvgIpc) is 2.42. The number of rotatable bonds is 4. The lowest BCUT2D eigenvalue weighted by atomic mass is 9.98. The lowest BCUT2D eigenvalue weighted by Gasteiger charge is -2.14. The average molecular weight is 304 g/mol. The topological polar surface area (TPSA) is 76.1 Å². The first kappa shape index (κ1) is 14.5. The smallest absolute Gasteiger partial charge is 0.163 e. The Morgan fingerprint density at radius 2 is 1.55 bits per heavy atom. The minimum Gasteiger partial charge on any atom is -0.376 e. The molecular weight excluding hydrogens is 288 g/mol. The summed E-state index contributed by atoms with van der Waals surface area (Å²) in [6.07, 6.45) is 0. The second-order valence-electron chi connectivity index (χ2n) is 4.36. The maximum atomic E-state index is 5.52. The zero-order valence-electron chi connectivity index (χ0n) is 10.8. The molecule has 0 aliphatic heterocycles. The van der Waals surface area contributed by atoms with Gasteiger partial charge in [-0.05, 0) is 46.3 Å². The van der Waals surface area contributed by atoms with Crippen LogP contribution in [0.2, 0.25) is 0 Å². The molecule has 0 radical (unpaired) electrons. The molecule has 20 heavy (non-hydrogen) atoms. The third-order valence-electron chi connectivity index (χ3n) is 3.03. The van der Waals surface area contributed by atoms with Crippen molar-refractivity contribution in [1.82, 2.24) is 10.6 Å². The molecule has 0 saturated heterocycles. The van der Waals surface area contributed by atoms with Crippen LogP contribution < -0.4 is 22.1 Å². The SMILES string of the molecule is NC(=S)NCc1ccc2ccccc2c1CNC(N)=S. The third kappa shape index (κ3) is 3.55. The van der Waals surface area contributed by atoms with E-state index in [1.165, 1.54) is 10.8 Å². The zero-order chi connectivity index (χ0) is 14.5. The predicted octanol–water partition coefficient (Wildman–Crippen LogP) is 1.51. The first-order valence-corrected chi connectivity index (χ1v) is 6.95. The van der Waals surface area contributed by atoms with Gasteiger partial charge in [-0.2, -0.15) is 0 Å². The minimum absolute atomic E-state index is 0.284. The van der Waals surface area contributed by atoms with Gasteiger partial charge in [-0.15, -0.1) is 0 Å². The lowest BCUT2D eigenvalue weighted by molar-refractivity contribution is 0.861. The van der Waals surface area contributed by atoms with Gasteiger partial charge in [-0.25, -0.2) is 0 Å². The second kappa shape index (κ2) is 6.49. The highest BCUT2D eigenvalue weighted by Gasteiger charge is 2.08. The molecule has 0 unspecified atom stereocenters. The minimum atomic E-state index is 0.284. The van der Waals surface area contributed by atoms with E-state index in [4.69, 9.17) is 35.9 Å². The lowest BCUT2D eigenvalue weighted by Crippen LogP contribution is -2.31. The standard InChI is InChI=1S/C14H16N4S2/c15-13(19)17-7-10-6-5-9-3-1-2-4-11(9)12(10)8-18-14(16)20/h1-6H,7-8H2,(H3,15,17,19)(H3,16,18,20). The molecule has 0 saturated carbocycles. The summed E-state index contributed by atoms with van der Waals surface area (Å²) in [5, 5.41) is 8.88. The maximum Gasteiger partial charge on any atom is 0.163 e. The van der Waals surface area contributed by atoms with E-state index in [0.717, 1.165) is 11.1 Å². The van der Waals surface area contributed by atoms with Crippen LogP contribution in [0, 0.1) is 0 Å². The molecule has 0 bridgehead atoms. The highest BCUT2D eigenvalue weighted by atomic mass is 32.1. The summed E-state index contributed by atoms with van der Waals surface area (Å²) in [5.74, 6) is 0. The molecule has 6 N–H and O–H groups in total. The fourth-order valence-corrected chi connectivity index (χ4v) is 2.26. The Kier molecular flexibility index (Phi) is 4.70. The molecule has 2 aromatic carbocycles. The molecule has 0 aliphatic carbocycles. The summed E-state index contributed by atoms with van der Waals surface area (Å²) in [4.78, 5) is 0. The fraction of sp³-hybridized carbons (Fsp3) is 0.143. The van der Waals surface area contributed by atoms with Crippen LogP contribution >= 0.6 is 24.4 Å². The molecule has 0 aromatic heterocycles. The summed E-state index contributed by atoms with van der Waals surface area (Å²) < 4.78 is 0. The summed E-state index contributed by atoms with van der Waals surface area (Å²) in [5.41, 5.74) is 13.3. The summed E-state index contributed by atoms with van der Waals surface area (Å²) >= 11 is 9.73. The van der Waals surface area contributed by atoms with Gasteiger partial charge in [0.25, 0.3) is 0 Å². The number of fused-ring (bicyclic) bond motifs is 1. The van der Waals surface area contributed by atoms with Crippen LogP contribution in [-0.4, -0.2) is 10.2 Å². The van der Waals surface area contributed by atoms with Gasteiger partial charge >= 0.3 is 0 Å². The highest BCUT2D eigenvalue weighted by molar-refractivity contribution is 7.80. The predicted molar refractivity (Wildman–Crippen MR) is 91.2 cm³/mol. The Hall–Kier alpha value is -1.92. The monoisotopic (exact) mass is 304 g/mol. The van der Waals surface area contributed by atoms with Gasteiger partial charge in [-0.3, -0.25) is 0 Å². The van der Waals surface area contributed by atoms with E-state index < -0.39 is 0 Å². The molecule has 0 atom stereocenters. The van der Waals surface area contributed by atoms with Gasteiger partial charge in [0.15, 0.2) is 10.2 Å². The number of thiocarbonyl (C=S) groups is 2. The molecule has 0 spiro atoms. The number of nitrogens with one attached hydrogen (secondary N) is 2. The first-order valence-electron chi connectivity index (χ1n) is 6.14. The molecule has 0 fully saturated rings. The molecule has 2 rings (SSSR count). The molecule has 0 amide bonds. The third-order valence-corrected chi connectivity index (χ3v) is 3.32. The molecule has 2 aromatic rings. The Balaban J connectivity index is 2.41. The van der Waals surface area contributed by atoms with E-state index in [-0.39, 0.29) is 10.2 Å². The van der Waals surface area contributed by atoms with E-state index >= 15 is 0 Å². The fourth-order valence-electron chi connectivity index (χ4n) is 2.11. The van der Waals surface area contributed by atoms with Gasteiger partial charge in [0.2, 0.25) is 0 Å². The van der Waals surface area contributed by atoms with Gasteiger partial charge in [0.1, 0.15) is 0 Å². The van der Waals surface area contributed by atoms with Gasteiger partial charge < -0.3 is 22.1 Å². The van der Waals surface area contributed by atoms with E-state index in [1.807, 2.05) is 12.1 Å². The van der Waals surface area contributed by atoms with Crippen LogP contribution in [0.5, 0.6) is 0 Å². The molecule has 0 heterocycles. The highest BCUT2D eigenvalue weighted by Crippen LogP contribution is 2.22. The van der Waals surface area contributed by atoms with E-state index in [9.17, 15) is 0 Å². The van der Waals surface area contributed by atoms with Crippen molar-refractivity contribution in [3.8, 4) is 0 Å². The number of hydrogen-bond donors (Lipinski definition) is 4. The van der Waals surface area contributed by atoms with E-state index in [1.54, 1.807) is 0 Å². The molecule has 4 nitrogen and oxygen atoms in total. The molecular formula is C14H16N4S2. The van der Waals surface area contributed by atoms with E-state index in [2.05, 4.69) is 34.9 Å². The summed E-state index contributed by atoms with van der Waals surface area (Å²) in [6, 6.07) is 12.3. The number of benzene rings is 2. The van der Waals surface area contributed by atoms with Crippen LogP contribution in [0.1, 0.15) is 11.1 Å². The molecule has 104 valence electrons. The Morgan fingerprint density at radius 3 is 2.25 bits per heavy atom. The zero-order valence-corrected chi connectivity index (χ0v) is 12.5. The van der Waals surface area contributed by atoms with Crippen LogP contribution in [0.3, 0.4) is 0 Å². The maximum absolute atomic E-state index is 5.52. The summed E-state index contributed by atoms with van der Waals surface area (Å²) in [7, 11) is 0. The van der Waals surface area contributed by atoms with Crippen LogP contribution in [-0.2, 0) is 13.1 Å².